The molecule has 1 amide bonds. The fraction of sp³-hybridized carbons (Fsp3) is 0.227. The van der Waals surface area contributed by atoms with Crippen LogP contribution in [0.4, 0.5) is 0 Å². The molecule has 144 valence electrons. The van der Waals surface area contributed by atoms with Crippen molar-refractivity contribution in [3.8, 4) is 5.75 Å². The Hall–Kier alpha value is -3.09. The van der Waals surface area contributed by atoms with Crippen molar-refractivity contribution < 1.29 is 14.7 Å². The lowest BCUT2D eigenvalue weighted by Crippen LogP contribution is -2.29. The Kier molecular flexibility index (Phi) is 5.14. The normalized spacial score (nSPS) is 14.4. The molecule has 2 heterocycles. The van der Waals surface area contributed by atoms with Gasteiger partial charge >= 0.3 is 0 Å². The van der Waals surface area contributed by atoms with E-state index in [1.807, 2.05) is 18.2 Å². The largest absolute Gasteiger partial charge is 0.497 e. The van der Waals surface area contributed by atoms with Gasteiger partial charge in [0.15, 0.2) is 0 Å². The van der Waals surface area contributed by atoms with Gasteiger partial charge in [-0.05, 0) is 47.4 Å². The van der Waals surface area contributed by atoms with Gasteiger partial charge in [0, 0.05) is 42.3 Å². The summed E-state index contributed by atoms with van der Waals surface area (Å²) in [6, 6.07) is 14.3. The molecule has 3 aromatic rings. The first-order valence-corrected chi connectivity index (χ1v) is 9.27. The van der Waals surface area contributed by atoms with E-state index in [2.05, 4.69) is 34.1 Å². The van der Waals surface area contributed by atoms with Crippen molar-refractivity contribution in [2.24, 2.45) is 0 Å². The minimum absolute atomic E-state index is 0.538. The predicted octanol–water partition coefficient (Wildman–Crippen LogP) is 3.25. The topological polar surface area (TPSA) is 77.6 Å². The van der Waals surface area contributed by atoms with Crippen LogP contribution in [0.2, 0.25) is 0 Å². The van der Waals surface area contributed by atoms with Gasteiger partial charge in [-0.1, -0.05) is 24.3 Å². The maximum Gasteiger partial charge on any atom is 0.267 e. The Labute approximate surface area is 163 Å². The van der Waals surface area contributed by atoms with Crippen molar-refractivity contribution in [3.05, 3.63) is 70.9 Å². The number of hydrogen-bond acceptors (Lipinski definition) is 4. The molecule has 0 bridgehead atoms. The minimum atomic E-state index is -0.538. The van der Waals surface area contributed by atoms with Crippen LogP contribution in [-0.4, -0.2) is 34.7 Å². The van der Waals surface area contributed by atoms with Crippen LogP contribution in [-0.2, 0) is 24.3 Å². The lowest BCUT2D eigenvalue weighted by Gasteiger charge is -2.27. The number of rotatable bonds is 5. The molecule has 3 N–H and O–H groups in total. The number of amides is 1. The summed E-state index contributed by atoms with van der Waals surface area (Å²) in [4.78, 5) is 17.0. The summed E-state index contributed by atoms with van der Waals surface area (Å²) >= 11 is 0. The Balaban J connectivity index is 1.45. The molecule has 0 saturated heterocycles. The van der Waals surface area contributed by atoms with Gasteiger partial charge < -0.3 is 9.72 Å². The maximum absolute atomic E-state index is 11.1. The number of aromatic amines is 1. The number of aromatic nitrogens is 1. The third kappa shape index (κ3) is 3.78. The van der Waals surface area contributed by atoms with Crippen LogP contribution in [0.15, 0.2) is 48.5 Å². The molecule has 6 nitrogen and oxygen atoms in total. The van der Waals surface area contributed by atoms with E-state index in [-0.39, 0.29) is 0 Å². The van der Waals surface area contributed by atoms with Crippen LogP contribution in [0, 0.1) is 0 Å². The van der Waals surface area contributed by atoms with Crippen molar-refractivity contribution >= 4 is 22.9 Å². The fourth-order valence-electron chi connectivity index (χ4n) is 3.74. The van der Waals surface area contributed by atoms with Crippen molar-refractivity contribution in [2.75, 3.05) is 13.7 Å². The summed E-state index contributed by atoms with van der Waals surface area (Å²) < 4.78 is 5.37. The Morgan fingerprint density at radius 2 is 2.11 bits per heavy atom. The number of carbonyl (C=O) groups excluding carboxylic acids is 1. The smallest absolute Gasteiger partial charge is 0.267 e. The molecule has 0 fully saturated rings. The second-order valence-electron chi connectivity index (χ2n) is 7.01. The summed E-state index contributed by atoms with van der Waals surface area (Å²) in [7, 11) is 1.70. The van der Waals surface area contributed by atoms with Gasteiger partial charge in [-0.25, -0.2) is 5.48 Å². The number of hydrogen-bond donors (Lipinski definition) is 3. The van der Waals surface area contributed by atoms with E-state index in [1.54, 1.807) is 18.7 Å². The van der Waals surface area contributed by atoms with Crippen molar-refractivity contribution in [1.29, 1.82) is 0 Å². The first-order chi connectivity index (χ1) is 13.7. The van der Waals surface area contributed by atoms with Gasteiger partial charge in [0.05, 0.1) is 7.11 Å². The molecule has 0 radical (unpaired) electrons. The Morgan fingerprint density at radius 3 is 2.86 bits per heavy atom. The van der Waals surface area contributed by atoms with Crippen molar-refractivity contribution in [1.82, 2.24) is 15.4 Å². The number of nitrogens with zero attached hydrogens (tertiary/aromatic N) is 1. The third-order valence-corrected chi connectivity index (χ3v) is 5.18. The van der Waals surface area contributed by atoms with Crippen LogP contribution in [0.25, 0.3) is 17.0 Å². The molecule has 1 aliphatic heterocycles. The second kappa shape index (κ2) is 7.88. The number of benzene rings is 2. The van der Waals surface area contributed by atoms with E-state index in [4.69, 9.17) is 9.94 Å². The van der Waals surface area contributed by atoms with Crippen molar-refractivity contribution in [2.45, 2.75) is 19.5 Å². The average molecular weight is 377 g/mol. The summed E-state index contributed by atoms with van der Waals surface area (Å²) in [5.74, 6) is 0.353. The molecule has 1 aliphatic rings. The summed E-state index contributed by atoms with van der Waals surface area (Å²) in [6.45, 7) is 2.78. The first-order valence-electron chi connectivity index (χ1n) is 9.27. The molecule has 2 aromatic carbocycles. The van der Waals surface area contributed by atoms with Crippen molar-refractivity contribution in [3.63, 3.8) is 0 Å². The number of methoxy groups -OCH3 is 1. The van der Waals surface area contributed by atoms with Gasteiger partial charge in [0.1, 0.15) is 5.75 Å². The SMILES string of the molecule is COc1ccc2[nH]c3c(c2c1)CCN(Cc1ccc(/C=C/C(=O)NO)cc1)C3. The number of hydroxylamine groups is 1. The van der Waals surface area contributed by atoms with Crippen LogP contribution >= 0.6 is 0 Å². The number of fused-ring (bicyclic) bond motifs is 3. The average Bonchev–Trinajstić information content (AvgIpc) is 3.09. The van der Waals surface area contributed by atoms with E-state index >= 15 is 0 Å². The zero-order valence-corrected chi connectivity index (χ0v) is 15.7. The summed E-state index contributed by atoms with van der Waals surface area (Å²) in [6.07, 6.45) is 3.98. The van der Waals surface area contributed by atoms with E-state index < -0.39 is 5.91 Å². The van der Waals surface area contributed by atoms with Gasteiger partial charge in [-0.15, -0.1) is 0 Å². The molecular weight excluding hydrogens is 354 g/mol. The summed E-state index contributed by atoms with van der Waals surface area (Å²) in [5.41, 5.74) is 7.56. The lowest BCUT2D eigenvalue weighted by molar-refractivity contribution is -0.124. The second-order valence-corrected chi connectivity index (χ2v) is 7.01. The lowest BCUT2D eigenvalue weighted by atomic mass is 10.0. The van der Waals surface area contributed by atoms with Gasteiger partial charge in [0.25, 0.3) is 5.91 Å². The monoisotopic (exact) mass is 377 g/mol. The number of nitrogens with one attached hydrogen (secondary N) is 2. The Bertz CT molecular complexity index is 1020. The van der Waals surface area contributed by atoms with E-state index in [0.29, 0.717) is 0 Å². The number of carbonyl (C=O) groups is 1. The highest BCUT2D eigenvalue weighted by Crippen LogP contribution is 2.30. The molecule has 28 heavy (non-hydrogen) atoms. The predicted molar refractivity (Wildman–Crippen MR) is 108 cm³/mol. The zero-order chi connectivity index (χ0) is 19.5. The molecule has 0 aliphatic carbocycles. The minimum Gasteiger partial charge on any atom is -0.497 e. The van der Waals surface area contributed by atoms with E-state index in [0.717, 1.165) is 42.9 Å². The van der Waals surface area contributed by atoms with E-state index in [1.165, 1.54) is 28.3 Å². The van der Waals surface area contributed by atoms with Crippen LogP contribution in [0.3, 0.4) is 0 Å². The highest BCUT2D eigenvalue weighted by molar-refractivity contribution is 5.90. The molecule has 0 unspecified atom stereocenters. The van der Waals surface area contributed by atoms with E-state index in [9.17, 15) is 4.79 Å². The van der Waals surface area contributed by atoms with Crippen LogP contribution in [0.1, 0.15) is 22.4 Å². The fourth-order valence-corrected chi connectivity index (χ4v) is 3.74. The molecule has 1 aromatic heterocycles. The highest BCUT2D eigenvalue weighted by atomic mass is 16.5. The Morgan fingerprint density at radius 1 is 1.29 bits per heavy atom. The van der Waals surface area contributed by atoms with Gasteiger partial charge in [-0.2, -0.15) is 0 Å². The summed E-state index contributed by atoms with van der Waals surface area (Å²) in [5, 5.41) is 9.78. The molecule has 0 atom stereocenters. The number of H-pyrrole nitrogens is 1. The van der Waals surface area contributed by atoms with Crippen LogP contribution in [0.5, 0.6) is 5.75 Å². The highest BCUT2D eigenvalue weighted by Gasteiger charge is 2.20. The van der Waals surface area contributed by atoms with Gasteiger partial charge in [0.2, 0.25) is 0 Å². The first kappa shape index (κ1) is 18.3. The molecule has 0 saturated carbocycles. The van der Waals surface area contributed by atoms with Crippen LogP contribution < -0.4 is 10.2 Å². The number of ether oxygens (including phenoxy) is 1. The molecule has 6 heteroatoms. The standard InChI is InChI=1S/C22H23N3O3/c1-28-17-7-8-20-19(12-17)18-10-11-25(14-21(18)23-20)13-16-4-2-15(3-5-16)6-9-22(26)24-27/h2-9,12,23,27H,10-11,13-14H2,1H3,(H,24,26)/b9-6+. The van der Waals surface area contributed by atoms with Gasteiger partial charge in [-0.3, -0.25) is 14.9 Å². The zero-order valence-electron chi connectivity index (χ0n) is 15.7. The maximum atomic E-state index is 11.1. The molecular formula is C22H23N3O3. The quantitative estimate of drug-likeness (QED) is 0.362. The molecule has 4 rings (SSSR count). The molecule has 0 spiro atoms. The third-order valence-electron chi connectivity index (χ3n) is 5.18.